The van der Waals surface area contributed by atoms with Crippen LogP contribution in [0.1, 0.15) is 66.8 Å². The molecule has 0 bridgehead atoms. The van der Waals surface area contributed by atoms with Gasteiger partial charge in [-0.2, -0.15) is 0 Å². The lowest BCUT2D eigenvalue weighted by molar-refractivity contribution is -0.151. The summed E-state index contributed by atoms with van der Waals surface area (Å²) in [5.41, 5.74) is 1.27. The summed E-state index contributed by atoms with van der Waals surface area (Å²) in [5.74, 6) is -1.80. The van der Waals surface area contributed by atoms with Gasteiger partial charge in [0.1, 0.15) is 22.4 Å². The topological polar surface area (TPSA) is 149 Å². The molecule has 64 heavy (non-hydrogen) atoms. The first-order valence-corrected chi connectivity index (χ1v) is 22.6. The lowest BCUT2D eigenvalue weighted by atomic mass is 9.80. The molecule has 15 heteroatoms. The van der Waals surface area contributed by atoms with Crippen molar-refractivity contribution in [3.05, 3.63) is 201 Å². The van der Waals surface area contributed by atoms with Gasteiger partial charge in [-0.3, -0.25) is 19.8 Å². The average molecular weight is 910 g/mol. The standard InChI is InChI=1S/C49H43N5O7S3/c1-48(2,3)60-47(58)52-46-50-36(30-63-46)39(53-61-49(33-23-13-6-14-24-33,34-25-15-7-16-26-34)35-27-17-8-18-28-35)43(56)51-44-42(62)40(54-37(55)29-38(54)64-44)45(57)59-41(31-19-9-4-10-20-31)32-21-11-5-12-22-32/h4-28,30,38,41,44,62H,29H2,1-3H3,(H,51,56)(H,50,52,58). The quantitative estimate of drug-likeness (QED) is 0.0257. The van der Waals surface area contributed by atoms with E-state index in [1.807, 2.05) is 152 Å². The molecule has 6 aromatic rings. The molecule has 3 heterocycles. The number of carbonyl (C=O) groups excluding carboxylic acids is 4. The summed E-state index contributed by atoms with van der Waals surface area (Å²) in [5, 5.41) is 10.6. The van der Waals surface area contributed by atoms with Crippen LogP contribution < -0.4 is 10.6 Å². The number of nitrogens with zero attached hydrogens (tertiary/aromatic N) is 3. The van der Waals surface area contributed by atoms with Crippen molar-refractivity contribution in [2.24, 2.45) is 5.16 Å². The number of carbonyl (C=O) groups is 4. The number of thiol groups is 1. The van der Waals surface area contributed by atoms with Crippen LogP contribution in [-0.2, 0) is 34.3 Å². The molecule has 5 aromatic carbocycles. The summed E-state index contributed by atoms with van der Waals surface area (Å²) in [7, 11) is 0. The van der Waals surface area contributed by atoms with Crippen LogP contribution in [0.2, 0.25) is 0 Å². The van der Waals surface area contributed by atoms with Crippen molar-refractivity contribution in [1.82, 2.24) is 15.2 Å². The summed E-state index contributed by atoms with van der Waals surface area (Å²) < 4.78 is 11.7. The highest BCUT2D eigenvalue weighted by Crippen LogP contribution is 2.46. The second-order valence-electron chi connectivity index (χ2n) is 15.7. The molecule has 12 nitrogen and oxygen atoms in total. The minimum absolute atomic E-state index is 0.0750. The van der Waals surface area contributed by atoms with E-state index in [1.165, 1.54) is 16.7 Å². The largest absolute Gasteiger partial charge is 0.448 e. The molecule has 0 spiro atoms. The van der Waals surface area contributed by atoms with Gasteiger partial charge in [0.2, 0.25) is 11.5 Å². The minimum Gasteiger partial charge on any atom is -0.448 e. The van der Waals surface area contributed by atoms with Crippen molar-refractivity contribution in [1.29, 1.82) is 0 Å². The summed E-state index contributed by atoms with van der Waals surface area (Å²) in [6.45, 7) is 5.23. The maximum absolute atomic E-state index is 14.9. The van der Waals surface area contributed by atoms with E-state index in [0.717, 1.165) is 39.2 Å². The SMILES string of the molecule is CC(C)(C)OC(=O)Nc1nc(C(=NOC(c2ccccc2)(c2ccccc2)c2ccccc2)C(=O)NC2SC3CC(=O)N3C(C(=O)OC(c3ccccc3)c3ccccc3)=C2S)cs1. The Morgan fingerprint density at radius 3 is 1.77 bits per heavy atom. The Morgan fingerprint density at radius 1 is 0.781 bits per heavy atom. The number of hydrogen-bond donors (Lipinski definition) is 3. The lowest BCUT2D eigenvalue weighted by Crippen LogP contribution is -2.57. The number of rotatable bonds is 13. The number of β-lactam (4-membered cyclic amide) rings is 1. The van der Waals surface area contributed by atoms with Gasteiger partial charge in [0.05, 0.1) is 11.8 Å². The number of hydrogen-bond acceptors (Lipinski definition) is 12. The summed E-state index contributed by atoms with van der Waals surface area (Å²) >= 11 is 7.12. The van der Waals surface area contributed by atoms with Gasteiger partial charge in [0, 0.05) is 27.0 Å². The maximum atomic E-state index is 14.9. The van der Waals surface area contributed by atoms with Crippen LogP contribution in [0, 0.1) is 0 Å². The first kappa shape index (κ1) is 43.9. The molecule has 1 fully saturated rings. The summed E-state index contributed by atoms with van der Waals surface area (Å²) in [6, 6.07) is 47.2. The number of ether oxygens (including phenoxy) is 2. The number of aromatic nitrogens is 1. The summed E-state index contributed by atoms with van der Waals surface area (Å²) in [4.78, 5) is 67.9. The first-order chi connectivity index (χ1) is 30.9. The van der Waals surface area contributed by atoms with Crippen molar-refractivity contribution >= 4 is 70.4 Å². The van der Waals surface area contributed by atoms with E-state index in [1.54, 1.807) is 26.2 Å². The number of fused-ring (bicyclic) bond motifs is 1. The number of thioether (sulfide) groups is 1. The molecular weight excluding hydrogens is 867 g/mol. The Labute approximate surface area is 384 Å². The van der Waals surface area contributed by atoms with Gasteiger partial charge in [-0.1, -0.05) is 157 Å². The second-order valence-corrected chi connectivity index (χ2v) is 18.4. The van der Waals surface area contributed by atoms with E-state index in [0.29, 0.717) is 0 Å². The third-order valence-electron chi connectivity index (χ3n) is 10.2. The lowest BCUT2D eigenvalue weighted by Gasteiger charge is -2.46. The van der Waals surface area contributed by atoms with Crippen LogP contribution in [-0.4, -0.2) is 55.8 Å². The number of nitrogens with one attached hydrogen (secondary N) is 2. The van der Waals surface area contributed by atoms with Gasteiger partial charge >= 0.3 is 12.1 Å². The van der Waals surface area contributed by atoms with Crippen LogP contribution in [0.3, 0.4) is 0 Å². The molecule has 0 radical (unpaired) electrons. The third-order valence-corrected chi connectivity index (χ3v) is 12.9. The van der Waals surface area contributed by atoms with E-state index in [2.05, 4.69) is 20.8 Å². The van der Waals surface area contributed by atoms with Gasteiger partial charge in [0.25, 0.3) is 5.91 Å². The highest BCUT2D eigenvalue weighted by atomic mass is 32.2. The average Bonchev–Trinajstić information content (AvgIpc) is 3.76. The number of anilines is 1. The maximum Gasteiger partial charge on any atom is 0.413 e. The molecule has 0 aliphatic carbocycles. The Bertz CT molecular complexity index is 2560. The third kappa shape index (κ3) is 9.47. The zero-order valence-electron chi connectivity index (χ0n) is 34.9. The Morgan fingerprint density at radius 2 is 1.28 bits per heavy atom. The summed E-state index contributed by atoms with van der Waals surface area (Å²) in [6.07, 6.45) is -1.41. The van der Waals surface area contributed by atoms with Crippen molar-refractivity contribution in [3.63, 3.8) is 0 Å². The second kappa shape index (κ2) is 19.0. The Balaban J connectivity index is 1.18. The number of benzene rings is 5. The van der Waals surface area contributed by atoms with Crippen LogP contribution in [0.5, 0.6) is 0 Å². The highest BCUT2D eigenvalue weighted by Gasteiger charge is 2.49. The number of esters is 1. The Kier molecular flexibility index (Phi) is 13.0. The van der Waals surface area contributed by atoms with Crippen LogP contribution in [0.4, 0.5) is 9.93 Å². The predicted molar refractivity (Wildman–Crippen MR) is 250 cm³/mol. The normalized spacial score (nSPS) is 16.4. The van der Waals surface area contributed by atoms with E-state index in [4.69, 9.17) is 26.9 Å². The molecule has 324 valence electrons. The van der Waals surface area contributed by atoms with Gasteiger partial charge in [-0.05, 0) is 31.9 Å². The van der Waals surface area contributed by atoms with Gasteiger partial charge in [-0.15, -0.1) is 35.7 Å². The van der Waals surface area contributed by atoms with E-state index >= 15 is 0 Å². The smallest absolute Gasteiger partial charge is 0.413 e. The van der Waals surface area contributed by atoms with E-state index in [-0.39, 0.29) is 39.5 Å². The van der Waals surface area contributed by atoms with Crippen LogP contribution in [0.15, 0.2) is 173 Å². The number of oxime groups is 1. The highest BCUT2D eigenvalue weighted by molar-refractivity contribution is 8.02. The fraction of sp³-hybridized carbons (Fsp3) is 0.184. The molecular formula is C49H43N5O7S3. The molecule has 1 saturated heterocycles. The Hall–Kier alpha value is -6.68. The molecule has 2 aliphatic rings. The van der Waals surface area contributed by atoms with Crippen molar-refractivity contribution in [2.75, 3.05) is 5.32 Å². The van der Waals surface area contributed by atoms with E-state index in [9.17, 15) is 19.2 Å². The predicted octanol–water partition coefficient (Wildman–Crippen LogP) is 9.42. The molecule has 3 amide bonds. The molecule has 1 aromatic heterocycles. The van der Waals surface area contributed by atoms with Crippen molar-refractivity contribution < 1.29 is 33.5 Å². The zero-order chi connectivity index (χ0) is 44.8. The van der Waals surface area contributed by atoms with Gasteiger partial charge in [-0.25, -0.2) is 14.6 Å². The monoisotopic (exact) mass is 909 g/mol. The fourth-order valence-corrected chi connectivity index (χ4v) is 9.74. The molecule has 8 rings (SSSR count). The first-order valence-electron chi connectivity index (χ1n) is 20.3. The van der Waals surface area contributed by atoms with Crippen molar-refractivity contribution in [2.45, 2.75) is 55.2 Å². The van der Waals surface area contributed by atoms with Crippen LogP contribution in [0.25, 0.3) is 0 Å². The van der Waals surface area contributed by atoms with Crippen LogP contribution >= 0.6 is 35.7 Å². The molecule has 2 aliphatic heterocycles. The van der Waals surface area contributed by atoms with Gasteiger partial charge in [0.15, 0.2) is 16.9 Å². The number of amides is 3. The van der Waals surface area contributed by atoms with E-state index < -0.39 is 46.0 Å². The molecule has 2 unspecified atom stereocenters. The van der Waals surface area contributed by atoms with Crippen molar-refractivity contribution in [3.8, 4) is 0 Å². The zero-order valence-corrected chi connectivity index (χ0v) is 37.4. The fourth-order valence-electron chi connectivity index (χ4n) is 7.30. The molecule has 2 atom stereocenters. The minimum atomic E-state index is -1.37. The molecule has 0 saturated carbocycles. The molecule has 2 N–H and O–H groups in total. The van der Waals surface area contributed by atoms with Gasteiger partial charge < -0.3 is 19.6 Å². The number of thiazole rings is 1.